The van der Waals surface area contributed by atoms with Crippen LogP contribution in [-0.4, -0.2) is 39.9 Å². The Balaban J connectivity index is 1.19. The average Bonchev–Trinajstić information content (AvgIpc) is 3.51. The molecule has 2 fully saturated rings. The third-order valence-electron chi connectivity index (χ3n) is 7.28. The molecule has 1 aliphatic heterocycles. The first-order chi connectivity index (χ1) is 16.8. The van der Waals surface area contributed by atoms with Gasteiger partial charge >= 0.3 is 0 Å². The molecule has 34 heavy (non-hydrogen) atoms. The summed E-state index contributed by atoms with van der Waals surface area (Å²) < 4.78 is 18.4. The molecule has 6 nitrogen and oxygen atoms in total. The largest absolute Gasteiger partial charge is 0.492 e. The lowest BCUT2D eigenvalue weighted by Gasteiger charge is -2.27. The Morgan fingerprint density at radius 2 is 1.94 bits per heavy atom. The number of hydrogen-bond acceptors (Lipinski definition) is 5. The molecule has 1 aliphatic carbocycles. The second-order valence-electron chi connectivity index (χ2n) is 9.44. The maximum absolute atomic E-state index is 6.21. The molecule has 6 rings (SSSR count). The summed E-state index contributed by atoms with van der Waals surface area (Å²) in [7, 11) is 2.14. The van der Waals surface area contributed by atoms with Gasteiger partial charge in [-0.3, -0.25) is 0 Å². The van der Waals surface area contributed by atoms with E-state index in [1.807, 2.05) is 24.3 Å². The molecule has 178 valence electrons. The number of rotatable bonds is 8. The molecule has 7 heteroatoms. The van der Waals surface area contributed by atoms with E-state index in [4.69, 9.17) is 14.5 Å². The van der Waals surface area contributed by atoms with E-state index < -0.39 is 0 Å². The minimum absolute atomic E-state index is 0.287. The van der Waals surface area contributed by atoms with E-state index in [1.165, 1.54) is 40.9 Å². The molecule has 0 bridgehead atoms. The predicted molar refractivity (Wildman–Crippen MR) is 137 cm³/mol. The highest BCUT2D eigenvalue weighted by Crippen LogP contribution is 2.39. The summed E-state index contributed by atoms with van der Waals surface area (Å²) in [6.45, 7) is 3.42. The Bertz CT molecular complexity index is 1260. The monoisotopic (exact) mass is 476 g/mol. The molecule has 0 radical (unpaired) electrons. The minimum Gasteiger partial charge on any atom is -0.492 e. The predicted octanol–water partition coefficient (Wildman–Crippen LogP) is 5.58. The number of imidazole rings is 1. The number of hydrogen-bond donors (Lipinski definition) is 1. The van der Waals surface area contributed by atoms with Gasteiger partial charge in [0.05, 0.1) is 22.5 Å². The number of fused-ring (bicyclic) bond motifs is 1. The maximum Gasteiger partial charge on any atom is 0.157 e. The highest BCUT2D eigenvalue weighted by atomic mass is 32.1. The van der Waals surface area contributed by atoms with Crippen molar-refractivity contribution < 1.29 is 9.47 Å². The third-order valence-corrected chi connectivity index (χ3v) is 8.13. The second-order valence-corrected chi connectivity index (χ2v) is 10.4. The first kappa shape index (κ1) is 21.7. The fraction of sp³-hybridized carbons (Fsp3) is 0.444. The van der Waals surface area contributed by atoms with Crippen molar-refractivity contribution in [1.29, 1.82) is 0 Å². The quantitative estimate of drug-likeness (QED) is 0.361. The number of aromatic nitrogens is 3. The van der Waals surface area contributed by atoms with Crippen molar-refractivity contribution >= 4 is 21.6 Å². The number of piperidine rings is 1. The van der Waals surface area contributed by atoms with E-state index in [-0.39, 0.29) is 6.10 Å². The van der Waals surface area contributed by atoms with Crippen molar-refractivity contribution in [2.24, 2.45) is 7.05 Å². The lowest BCUT2D eigenvalue weighted by molar-refractivity contribution is 0.161. The number of nitrogens with zero attached hydrogens (tertiary/aromatic N) is 3. The number of benzene rings is 1. The fourth-order valence-electron chi connectivity index (χ4n) is 5.12. The van der Waals surface area contributed by atoms with Crippen molar-refractivity contribution in [3.63, 3.8) is 0 Å². The topological polar surface area (TPSA) is 53.2 Å². The lowest BCUT2D eigenvalue weighted by Crippen LogP contribution is -2.34. The molecule has 2 aliphatic rings. The molecule has 1 saturated heterocycles. The minimum atomic E-state index is 0.287. The van der Waals surface area contributed by atoms with Gasteiger partial charge in [0, 0.05) is 30.9 Å². The van der Waals surface area contributed by atoms with Crippen LogP contribution in [0.2, 0.25) is 0 Å². The molecule has 4 heterocycles. The van der Waals surface area contributed by atoms with Crippen LogP contribution in [0.4, 0.5) is 0 Å². The normalized spacial score (nSPS) is 17.2. The molecule has 3 aromatic heterocycles. The molecule has 1 N–H and O–H groups in total. The van der Waals surface area contributed by atoms with Crippen molar-refractivity contribution in [1.82, 2.24) is 19.4 Å². The van der Waals surface area contributed by atoms with E-state index in [2.05, 4.69) is 45.2 Å². The van der Waals surface area contributed by atoms with E-state index >= 15 is 0 Å². The van der Waals surface area contributed by atoms with Crippen LogP contribution in [0, 0.1) is 0 Å². The first-order valence-electron chi connectivity index (χ1n) is 12.5. The molecule has 0 amide bonds. The zero-order valence-corrected chi connectivity index (χ0v) is 20.5. The van der Waals surface area contributed by atoms with Crippen molar-refractivity contribution in [2.45, 2.75) is 50.7 Å². The Morgan fingerprint density at radius 3 is 2.74 bits per heavy atom. The number of nitrogens with one attached hydrogen (secondary N) is 1. The Morgan fingerprint density at radius 1 is 1.09 bits per heavy atom. The van der Waals surface area contributed by atoms with Gasteiger partial charge in [-0.1, -0.05) is 12.5 Å². The van der Waals surface area contributed by atoms with Crippen LogP contribution in [0.25, 0.3) is 21.7 Å². The van der Waals surface area contributed by atoms with E-state index in [1.54, 1.807) is 11.3 Å². The van der Waals surface area contributed by atoms with Gasteiger partial charge in [0.2, 0.25) is 0 Å². The molecular weight excluding hydrogens is 444 g/mol. The van der Waals surface area contributed by atoms with E-state index in [9.17, 15) is 0 Å². The van der Waals surface area contributed by atoms with Gasteiger partial charge in [-0.05, 0) is 68.4 Å². The van der Waals surface area contributed by atoms with Gasteiger partial charge in [-0.25, -0.2) is 4.98 Å². The molecule has 0 unspecified atom stereocenters. The van der Waals surface area contributed by atoms with Crippen molar-refractivity contribution in [3.8, 4) is 23.0 Å². The second kappa shape index (κ2) is 9.47. The number of thiophene rings is 1. The zero-order chi connectivity index (χ0) is 22.9. The van der Waals surface area contributed by atoms with Crippen molar-refractivity contribution in [3.05, 3.63) is 53.7 Å². The van der Waals surface area contributed by atoms with Crippen LogP contribution in [0.3, 0.4) is 0 Å². The van der Waals surface area contributed by atoms with Crippen LogP contribution < -0.4 is 14.8 Å². The fourth-order valence-corrected chi connectivity index (χ4v) is 5.97. The van der Waals surface area contributed by atoms with Gasteiger partial charge < -0.3 is 23.9 Å². The molecule has 0 spiro atoms. The Hall–Kier alpha value is -2.77. The molecule has 4 aromatic rings. The van der Waals surface area contributed by atoms with Crippen LogP contribution in [0.1, 0.15) is 43.7 Å². The molecule has 1 saturated carbocycles. The van der Waals surface area contributed by atoms with Crippen molar-refractivity contribution in [2.75, 3.05) is 19.7 Å². The van der Waals surface area contributed by atoms with Gasteiger partial charge in [0.25, 0.3) is 0 Å². The zero-order valence-electron chi connectivity index (χ0n) is 19.7. The summed E-state index contributed by atoms with van der Waals surface area (Å²) in [5, 5.41) is 5.54. The highest BCUT2D eigenvalue weighted by Gasteiger charge is 2.26. The standard InChI is InChI=1S/C27H32N4O2S/c1-30-23-10-15-34-26(23)17-24(30)27-29-18-25(19-4-2-5-19)31(27)13-14-32-21-6-3-7-22(16-21)33-20-8-11-28-12-9-20/h3,6-7,10,15-20,28H,2,4-5,8-9,11-14H2,1H3. The van der Waals surface area contributed by atoms with Crippen LogP contribution in [0.5, 0.6) is 11.5 Å². The maximum atomic E-state index is 6.21. The summed E-state index contributed by atoms with van der Waals surface area (Å²) in [6, 6.07) is 12.5. The van der Waals surface area contributed by atoms with Gasteiger partial charge in [-0.2, -0.15) is 0 Å². The summed E-state index contributed by atoms with van der Waals surface area (Å²) in [5.41, 5.74) is 3.78. The highest BCUT2D eigenvalue weighted by molar-refractivity contribution is 7.17. The summed E-state index contributed by atoms with van der Waals surface area (Å²) >= 11 is 1.78. The van der Waals surface area contributed by atoms with Gasteiger partial charge in [0.1, 0.15) is 24.2 Å². The summed E-state index contributed by atoms with van der Waals surface area (Å²) in [4.78, 5) is 4.90. The molecule has 0 atom stereocenters. The van der Waals surface area contributed by atoms with Gasteiger partial charge in [0.15, 0.2) is 5.82 Å². The summed E-state index contributed by atoms with van der Waals surface area (Å²) in [6.07, 6.45) is 8.30. The Kier molecular flexibility index (Phi) is 6.05. The average molecular weight is 477 g/mol. The number of aryl methyl sites for hydroxylation is 1. The summed E-state index contributed by atoms with van der Waals surface area (Å²) in [5.74, 6) is 3.41. The lowest BCUT2D eigenvalue weighted by atomic mass is 9.83. The van der Waals surface area contributed by atoms with Crippen LogP contribution >= 0.6 is 11.3 Å². The third kappa shape index (κ3) is 4.23. The van der Waals surface area contributed by atoms with Crippen LogP contribution in [-0.2, 0) is 13.6 Å². The van der Waals surface area contributed by atoms with E-state index in [0.717, 1.165) is 49.8 Å². The molecular formula is C27H32N4O2S. The van der Waals surface area contributed by atoms with E-state index in [0.29, 0.717) is 12.5 Å². The van der Waals surface area contributed by atoms with Crippen LogP contribution in [0.15, 0.2) is 48.0 Å². The van der Waals surface area contributed by atoms with Gasteiger partial charge in [-0.15, -0.1) is 11.3 Å². The molecule has 1 aromatic carbocycles. The Labute approximate surface area is 204 Å². The number of ether oxygens (including phenoxy) is 2. The SMILES string of the molecule is Cn1c(-c2ncc(C3CCC3)n2CCOc2cccc(OC3CCNCC3)c2)cc2sccc21. The first-order valence-corrected chi connectivity index (χ1v) is 13.3. The smallest absolute Gasteiger partial charge is 0.157 e.